The molecule has 0 aliphatic carbocycles. The van der Waals surface area contributed by atoms with Gasteiger partial charge in [-0.05, 0) is 55.6 Å². The smallest absolute Gasteiger partial charge is 0.118 e. The highest BCUT2D eigenvalue weighted by Gasteiger charge is 2.11. The van der Waals surface area contributed by atoms with Crippen LogP contribution >= 0.6 is 0 Å². The van der Waals surface area contributed by atoms with Crippen molar-refractivity contribution < 1.29 is 4.74 Å². The molecule has 0 amide bonds. The van der Waals surface area contributed by atoms with Gasteiger partial charge in [0.05, 0.1) is 7.11 Å². The Labute approximate surface area is 121 Å². The van der Waals surface area contributed by atoms with Crippen LogP contribution in [0.3, 0.4) is 0 Å². The van der Waals surface area contributed by atoms with Crippen molar-refractivity contribution in [3.8, 4) is 5.75 Å². The van der Waals surface area contributed by atoms with Gasteiger partial charge >= 0.3 is 0 Å². The maximum atomic E-state index is 5.19. The van der Waals surface area contributed by atoms with E-state index in [1.54, 1.807) is 7.11 Å². The predicted molar refractivity (Wildman–Crippen MR) is 84.3 cm³/mol. The van der Waals surface area contributed by atoms with Gasteiger partial charge in [-0.3, -0.25) is 0 Å². The second-order valence-corrected chi connectivity index (χ2v) is 5.08. The first-order valence-electron chi connectivity index (χ1n) is 7.10. The van der Waals surface area contributed by atoms with Crippen molar-refractivity contribution in [3.05, 3.63) is 65.2 Å². The Bertz CT molecular complexity index is 533. The number of ether oxygens (including phenoxy) is 1. The summed E-state index contributed by atoms with van der Waals surface area (Å²) < 4.78 is 5.19. The molecule has 1 N–H and O–H groups in total. The van der Waals surface area contributed by atoms with Gasteiger partial charge in [0.15, 0.2) is 0 Å². The number of aryl methyl sites for hydroxylation is 2. The number of benzene rings is 2. The van der Waals surface area contributed by atoms with Crippen LogP contribution in [0.4, 0.5) is 0 Å². The first kappa shape index (κ1) is 14.6. The molecule has 0 spiro atoms. The van der Waals surface area contributed by atoms with Crippen molar-refractivity contribution >= 4 is 0 Å². The predicted octanol–water partition coefficient (Wildman–Crippen LogP) is 3.90. The van der Waals surface area contributed by atoms with Gasteiger partial charge in [-0.1, -0.05) is 36.4 Å². The summed E-state index contributed by atoms with van der Waals surface area (Å²) >= 11 is 0. The van der Waals surface area contributed by atoms with Crippen molar-refractivity contribution in [1.29, 1.82) is 0 Å². The molecule has 1 atom stereocenters. The van der Waals surface area contributed by atoms with E-state index in [1.807, 2.05) is 19.2 Å². The highest BCUT2D eigenvalue weighted by Crippen LogP contribution is 2.22. The van der Waals surface area contributed by atoms with E-state index in [0.717, 1.165) is 18.6 Å². The van der Waals surface area contributed by atoms with Gasteiger partial charge in [-0.25, -0.2) is 0 Å². The molecule has 0 bridgehead atoms. The molecule has 20 heavy (non-hydrogen) atoms. The molecule has 0 aromatic heterocycles. The molecule has 2 rings (SSSR count). The summed E-state index contributed by atoms with van der Waals surface area (Å²) in [6.07, 6.45) is 2.15. The van der Waals surface area contributed by atoms with Crippen LogP contribution in [0.15, 0.2) is 48.5 Å². The Morgan fingerprint density at radius 2 is 1.75 bits per heavy atom. The maximum Gasteiger partial charge on any atom is 0.118 e. The average Bonchev–Trinajstić information content (AvgIpc) is 2.50. The molecule has 1 unspecified atom stereocenters. The van der Waals surface area contributed by atoms with Crippen molar-refractivity contribution in [2.75, 3.05) is 14.2 Å². The standard InChI is InChI=1S/C18H23NO/c1-14-6-4-5-7-17(14)18(19-2)13-10-15-8-11-16(20-3)12-9-15/h4-9,11-12,18-19H,10,13H2,1-3H3. The minimum Gasteiger partial charge on any atom is -0.497 e. The zero-order chi connectivity index (χ0) is 14.4. The van der Waals surface area contributed by atoms with Crippen LogP contribution in [0.5, 0.6) is 5.75 Å². The third kappa shape index (κ3) is 3.61. The van der Waals surface area contributed by atoms with E-state index < -0.39 is 0 Å². The monoisotopic (exact) mass is 269 g/mol. The molecule has 106 valence electrons. The molecule has 2 nitrogen and oxygen atoms in total. The van der Waals surface area contributed by atoms with Gasteiger partial charge in [0.1, 0.15) is 5.75 Å². The van der Waals surface area contributed by atoms with E-state index in [4.69, 9.17) is 4.74 Å². The highest BCUT2D eigenvalue weighted by molar-refractivity contribution is 5.30. The average molecular weight is 269 g/mol. The lowest BCUT2D eigenvalue weighted by molar-refractivity contribution is 0.414. The van der Waals surface area contributed by atoms with Crippen molar-refractivity contribution in [2.45, 2.75) is 25.8 Å². The summed E-state index contributed by atoms with van der Waals surface area (Å²) in [6, 6.07) is 17.3. The van der Waals surface area contributed by atoms with Gasteiger partial charge in [0.25, 0.3) is 0 Å². The first-order chi connectivity index (χ1) is 9.74. The van der Waals surface area contributed by atoms with Crippen molar-refractivity contribution in [2.24, 2.45) is 0 Å². The zero-order valence-electron chi connectivity index (χ0n) is 12.5. The lowest BCUT2D eigenvalue weighted by atomic mass is 9.96. The van der Waals surface area contributed by atoms with Gasteiger partial charge in [0, 0.05) is 6.04 Å². The van der Waals surface area contributed by atoms with Gasteiger partial charge in [-0.2, -0.15) is 0 Å². The SMILES string of the molecule is CNC(CCc1ccc(OC)cc1)c1ccccc1C. The quantitative estimate of drug-likeness (QED) is 0.859. The van der Waals surface area contributed by atoms with E-state index >= 15 is 0 Å². The fraction of sp³-hybridized carbons (Fsp3) is 0.333. The minimum absolute atomic E-state index is 0.401. The molecular formula is C18H23NO. The fourth-order valence-electron chi connectivity index (χ4n) is 2.54. The van der Waals surface area contributed by atoms with E-state index in [0.29, 0.717) is 6.04 Å². The summed E-state index contributed by atoms with van der Waals surface area (Å²) in [4.78, 5) is 0. The molecule has 0 heterocycles. The summed E-state index contributed by atoms with van der Waals surface area (Å²) in [6.45, 7) is 2.17. The summed E-state index contributed by atoms with van der Waals surface area (Å²) in [7, 11) is 3.73. The largest absolute Gasteiger partial charge is 0.497 e. The summed E-state index contributed by atoms with van der Waals surface area (Å²) in [5, 5.41) is 3.43. The first-order valence-corrected chi connectivity index (χ1v) is 7.10. The van der Waals surface area contributed by atoms with E-state index in [1.165, 1.54) is 16.7 Å². The normalized spacial score (nSPS) is 12.2. The van der Waals surface area contributed by atoms with Crippen molar-refractivity contribution in [3.63, 3.8) is 0 Å². The van der Waals surface area contributed by atoms with Crippen LogP contribution in [-0.2, 0) is 6.42 Å². The second kappa shape index (κ2) is 7.11. The molecule has 0 saturated carbocycles. The fourth-order valence-corrected chi connectivity index (χ4v) is 2.54. The maximum absolute atomic E-state index is 5.19. The van der Waals surface area contributed by atoms with Crippen LogP contribution in [0.25, 0.3) is 0 Å². The van der Waals surface area contributed by atoms with Crippen LogP contribution in [0.2, 0.25) is 0 Å². The molecule has 2 aromatic rings. The number of nitrogens with one attached hydrogen (secondary N) is 1. The Kier molecular flexibility index (Phi) is 5.19. The highest BCUT2D eigenvalue weighted by atomic mass is 16.5. The minimum atomic E-state index is 0.401. The van der Waals surface area contributed by atoms with Crippen LogP contribution < -0.4 is 10.1 Å². The number of hydrogen-bond acceptors (Lipinski definition) is 2. The Balaban J connectivity index is 2.02. The van der Waals surface area contributed by atoms with Crippen LogP contribution in [-0.4, -0.2) is 14.2 Å². The lowest BCUT2D eigenvalue weighted by Crippen LogP contribution is -2.18. The molecule has 0 saturated heterocycles. The van der Waals surface area contributed by atoms with Crippen LogP contribution in [0.1, 0.15) is 29.2 Å². The van der Waals surface area contributed by atoms with E-state index in [2.05, 4.69) is 48.6 Å². The molecule has 2 heteroatoms. The molecule has 0 fully saturated rings. The second-order valence-electron chi connectivity index (χ2n) is 5.08. The van der Waals surface area contributed by atoms with Gasteiger partial charge in [-0.15, -0.1) is 0 Å². The molecule has 0 aliphatic heterocycles. The Morgan fingerprint density at radius 1 is 1.05 bits per heavy atom. The topological polar surface area (TPSA) is 21.3 Å². The van der Waals surface area contributed by atoms with Gasteiger partial charge < -0.3 is 10.1 Å². The molecule has 0 radical (unpaired) electrons. The number of rotatable bonds is 6. The molecule has 2 aromatic carbocycles. The molecule has 0 aliphatic rings. The Morgan fingerprint density at radius 3 is 2.35 bits per heavy atom. The molecular weight excluding hydrogens is 246 g/mol. The third-order valence-electron chi connectivity index (χ3n) is 3.79. The number of hydrogen-bond donors (Lipinski definition) is 1. The van der Waals surface area contributed by atoms with E-state index in [9.17, 15) is 0 Å². The zero-order valence-corrected chi connectivity index (χ0v) is 12.5. The summed E-state index contributed by atoms with van der Waals surface area (Å²) in [5.41, 5.74) is 4.09. The Hall–Kier alpha value is -1.80. The van der Waals surface area contributed by atoms with Crippen molar-refractivity contribution in [1.82, 2.24) is 5.32 Å². The number of methoxy groups -OCH3 is 1. The lowest BCUT2D eigenvalue weighted by Gasteiger charge is -2.19. The summed E-state index contributed by atoms with van der Waals surface area (Å²) in [5.74, 6) is 0.915. The van der Waals surface area contributed by atoms with Crippen LogP contribution in [0, 0.1) is 6.92 Å². The third-order valence-corrected chi connectivity index (χ3v) is 3.79. The van der Waals surface area contributed by atoms with Gasteiger partial charge in [0.2, 0.25) is 0 Å². The van der Waals surface area contributed by atoms with E-state index in [-0.39, 0.29) is 0 Å².